The van der Waals surface area contributed by atoms with E-state index in [1.807, 2.05) is 0 Å². The molecular weight excluding hydrogens is 316 g/mol. The number of amides is 1. The monoisotopic (exact) mass is 346 g/mol. The van der Waals surface area contributed by atoms with E-state index in [1.54, 1.807) is 11.8 Å². The Balaban J connectivity index is 1.72. The molecule has 4 heteroatoms. The smallest absolute Gasteiger partial charge is 0.230 e. The average Bonchev–Trinajstić information content (AvgIpc) is 2.55. The predicted molar refractivity (Wildman–Crippen MR) is 104 cm³/mol. The summed E-state index contributed by atoms with van der Waals surface area (Å²) < 4.78 is 0. The fourth-order valence-corrected chi connectivity index (χ4v) is 3.78. The minimum absolute atomic E-state index is 0.156. The number of aryl methyl sites for hydroxylation is 2. The normalized spacial score (nSPS) is 16.0. The van der Waals surface area contributed by atoms with Crippen LogP contribution in [0.4, 0.5) is 0 Å². The Kier molecular flexibility index (Phi) is 7.38. The Morgan fingerprint density at radius 1 is 1.29 bits per heavy atom. The number of allylic oxidation sites excluding steroid dienone is 1. The van der Waals surface area contributed by atoms with Crippen LogP contribution < -0.4 is 5.32 Å². The second-order valence-corrected chi connectivity index (χ2v) is 8.00. The number of nitrogens with zero attached hydrogens (tertiary/aromatic N) is 1. The van der Waals surface area contributed by atoms with Crippen LogP contribution >= 0.6 is 11.8 Å². The summed E-state index contributed by atoms with van der Waals surface area (Å²) in [6.07, 6.45) is 4.38. The number of likely N-dealkylation sites (tertiary alicyclic amines) is 1. The fourth-order valence-electron chi connectivity index (χ4n) is 2.85. The first-order valence-electron chi connectivity index (χ1n) is 8.79. The molecule has 1 amide bonds. The van der Waals surface area contributed by atoms with E-state index in [2.05, 4.69) is 62.2 Å². The summed E-state index contributed by atoms with van der Waals surface area (Å²) in [7, 11) is 0. The molecule has 0 radical (unpaired) electrons. The van der Waals surface area contributed by atoms with Crippen LogP contribution in [0.3, 0.4) is 0 Å². The molecule has 0 atom stereocenters. The van der Waals surface area contributed by atoms with Crippen molar-refractivity contribution in [3.8, 4) is 0 Å². The number of hydrogen-bond donors (Lipinski definition) is 1. The summed E-state index contributed by atoms with van der Waals surface area (Å²) in [5.74, 6) is 0.658. The van der Waals surface area contributed by atoms with Crippen molar-refractivity contribution in [1.29, 1.82) is 0 Å². The Hall–Kier alpha value is -1.26. The molecule has 1 fully saturated rings. The highest BCUT2D eigenvalue weighted by Gasteiger charge is 2.20. The van der Waals surface area contributed by atoms with Gasteiger partial charge in [0.2, 0.25) is 5.91 Å². The number of rotatable bonds is 6. The van der Waals surface area contributed by atoms with Crippen molar-refractivity contribution in [2.45, 2.75) is 51.5 Å². The molecule has 3 nitrogen and oxygen atoms in total. The maximum atomic E-state index is 12.2. The van der Waals surface area contributed by atoms with Crippen LogP contribution in [0.1, 0.15) is 37.8 Å². The number of hydrogen-bond acceptors (Lipinski definition) is 3. The van der Waals surface area contributed by atoms with Gasteiger partial charge in [-0.25, -0.2) is 0 Å². The first kappa shape index (κ1) is 19.1. The van der Waals surface area contributed by atoms with Crippen molar-refractivity contribution < 1.29 is 4.79 Å². The van der Waals surface area contributed by atoms with E-state index in [0.29, 0.717) is 11.8 Å². The lowest BCUT2D eigenvalue weighted by atomic mass is 10.0. The molecule has 2 rings (SSSR count). The number of piperidine rings is 1. The van der Waals surface area contributed by atoms with Gasteiger partial charge >= 0.3 is 0 Å². The maximum absolute atomic E-state index is 12.2. The van der Waals surface area contributed by atoms with E-state index < -0.39 is 0 Å². The number of carbonyl (C=O) groups is 1. The molecule has 0 bridgehead atoms. The van der Waals surface area contributed by atoms with E-state index in [-0.39, 0.29) is 5.91 Å². The van der Waals surface area contributed by atoms with Gasteiger partial charge in [0.1, 0.15) is 0 Å². The first-order valence-corrected chi connectivity index (χ1v) is 9.77. The molecule has 0 saturated carbocycles. The number of benzene rings is 1. The van der Waals surface area contributed by atoms with Gasteiger partial charge < -0.3 is 5.32 Å². The Morgan fingerprint density at radius 2 is 2.00 bits per heavy atom. The van der Waals surface area contributed by atoms with Gasteiger partial charge in [-0.2, -0.15) is 0 Å². The summed E-state index contributed by atoms with van der Waals surface area (Å²) in [6.45, 7) is 11.6. The third-order valence-corrected chi connectivity index (χ3v) is 5.57. The summed E-state index contributed by atoms with van der Waals surface area (Å²) in [6, 6.07) is 6.73. The Labute approximate surface area is 150 Å². The lowest BCUT2D eigenvalue weighted by molar-refractivity contribution is -0.119. The van der Waals surface area contributed by atoms with Crippen LogP contribution in [0.5, 0.6) is 0 Å². The number of carbonyl (C=O) groups excluding carboxylic acids is 1. The van der Waals surface area contributed by atoms with Crippen molar-refractivity contribution in [2.24, 2.45) is 0 Å². The average molecular weight is 347 g/mol. The summed E-state index contributed by atoms with van der Waals surface area (Å²) in [5.41, 5.74) is 3.85. The standard InChI is InChI=1S/C20H30N2OS/c1-15(2)7-10-22-11-8-18(9-12-22)21-20(23)14-24-19-13-16(3)5-6-17(19)4/h5-7,13,18H,8-12,14H2,1-4H3,(H,21,23). The molecule has 0 unspecified atom stereocenters. The van der Waals surface area contributed by atoms with E-state index in [9.17, 15) is 4.79 Å². The van der Waals surface area contributed by atoms with Gasteiger partial charge in [-0.15, -0.1) is 11.8 Å². The van der Waals surface area contributed by atoms with E-state index in [1.165, 1.54) is 21.6 Å². The molecule has 132 valence electrons. The maximum Gasteiger partial charge on any atom is 0.230 e. The van der Waals surface area contributed by atoms with Crippen LogP contribution in [-0.4, -0.2) is 42.2 Å². The molecule has 1 aliphatic heterocycles. The zero-order valence-electron chi connectivity index (χ0n) is 15.4. The van der Waals surface area contributed by atoms with Crippen LogP contribution in [0.2, 0.25) is 0 Å². The lowest BCUT2D eigenvalue weighted by Crippen LogP contribution is -2.45. The van der Waals surface area contributed by atoms with Gasteiger partial charge in [0.25, 0.3) is 0 Å². The molecule has 1 aromatic rings. The minimum atomic E-state index is 0.156. The zero-order chi connectivity index (χ0) is 17.5. The van der Waals surface area contributed by atoms with E-state index in [4.69, 9.17) is 0 Å². The van der Waals surface area contributed by atoms with Crippen molar-refractivity contribution in [3.63, 3.8) is 0 Å². The molecule has 1 heterocycles. The molecule has 1 aromatic carbocycles. The molecule has 1 aliphatic rings. The summed E-state index contributed by atoms with van der Waals surface area (Å²) >= 11 is 1.64. The quantitative estimate of drug-likeness (QED) is 0.625. The lowest BCUT2D eigenvalue weighted by Gasteiger charge is -2.31. The minimum Gasteiger partial charge on any atom is -0.353 e. The Morgan fingerprint density at radius 3 is 2.67 bits per heavy atom. The highest BCUT2D eigenvalue weighted by Crippen LogP contribution is 2.23. The fraction of sp³-hybridized carbons (Fsp3) is 0.550. The predicted octanol–water partition coefficient (Wildman–Crippen LogP) is 3.94. The summed E-state index contributed by atoms with van der Waals surface area (Å²) in [4.78, 5) is 15.9. The van der Waals surface area contributed by atoms with Gasteiger partial charge in [-0.1, -0.05) is 29.3 Å². The highest BCUT2D eigenvalue weighted by molar-refractivity contribution is 8.00. The van der Waals surface area contributed by atoms with Crippen molar-refractivity contribution in [1.82, 2.24) is 10.2 Å². The van der Waals surface area contributed by atoms with Crippen molar-refractivity contribution in [3.05, 3.63) is 41.0 Å². The molecule has 0 aliphatic carbocycles. The second-order valence-electron chi connectivity index (χ2n) is 6.98. The van der Waals surface area contributed by atoms with Crippen LogP contribution in [0.25, 0.3) is 0 Å². The SMILES string of the molecule is CC(C)=CCN1CCC(NC(=O)CSc2cc(C)ccc2C)CC1. The Bertz CT molecular complexity index is 585. The molecule has 1 N–H and O–H groups in total. The van der Waals surface area contributed by atoms with E-state index in [0.717, 1.165) is 32.5 Å². The van der Waals surface area contributed by atoms with Crippen LogP contribution in [0, 0.1) is 13.8 Å². The van der Waals surface area contributed by atoms with Crippen LogP contribution in [-0.2, 0) is 4.79 Å². The van der Waals surface area contributed by atoms with Gasteiger partial charge in [-0.05, 0) is 52.2 Å². The van der Waals surface area contributed by atoms with Gasteiger partial charge in [0.05, 0.1) is 5.75 Å². The third-order valence-electron chi connectivity index (χ3n) is 4.41. The molecule has 24 heavy (non-hydrogen) atoms. The van der Waals surface area contributed by atoms with Gasteiger partial charge in [0.15, 0.2) is 0 Å². The molecular formula is C20H30N2OS. The number of thioether (sulfide) groups is 1. The third kappa shape index (κ3) is 6.33. The van der Waals surface area contributed by atoms with Crippen molar-refractivity contribution >= 4 is 17.7 Å². The summed E-state index contributed by atoms with van der Waals surface area (Å²) in [5, 5.41) is 3.21. The topological polar surface area (TPSA) is 32.3 Å². The zero-order valence-corrected chi connectivity index (χ0v) is 16.2. The van der Waals surface area contributed by atoms with Crippen molar-refractivity contribution in [2.75, 3.05) is 25.4 Å². The first-order chi connectivity index (χ1) is 11.4. The highest BCUT2D eigenvalue weighted by atomic mass is 32.2. The second kappa shape index (κ2) is 9.28. The van der Waals surface area contributed by atoms with Crippen LogP contribution in [0.15, 0.2) is 34.7 Å². The van der Waals surface area contributed by atoms with Gasteiger partial charge in [0, 0.05) is 30.6 Å². The number of nitrogens with one attached hydrogen (secondary N) is 1. The van der Waals surface area contributed by atoms with E-state index >= 15 is 0 Å². The molecule has 0 aromatic heterocycles. The molecule has 0 spiro atoms. The molecule has 1 saturated heterocycles. The van der Waals surface area contributed by atoms with Gasteiger partial charge in [-0.3, -0.25) is 9.69 Å². The largest absolute Gasteiger partial charge is 0.353 e.